The second-order valence-corrected chi connectivity index (χ2v) is 6.58. The van der Waals surface area contributed by atoms with Crippen molar-refractivity contribution >= 4 is 23.5 Å². The number of aromatic carboxylic acids is 2. The standard InChI is InChI=1S/C22H14O6.2C2H6O/c23-19(13-7-3-1-4-8-13)15-11-18(22(27)28)16(12-17(15)21(25)26)20(24)14-9-5-2-6-10-14;2*1-2-3/h1-12H,(H,25,26)(H,27,28);2*3H,2H2,1H3. The van der Waals surface area contributed by atoms with Crippen LogP contribution in [0.5, 0.6) is 0 Å². The first kappa shape index (κ1) is 27.9. The molecule has 3 aromatic rings. The summed E-state index contributed by atoms with van der Waals surface area (Å²) >= 11 is 0. The van der Waals surface area contributed by atoms with Gasteiger partial charge >= 0.3 is 11.9 Å². The Morgan fingerprint density at radius 3 is 1.06 bits per heavy atom. The summed E-state index contributed by atoms with van der Waals surface area (Å²) < 4.78 is 0. The van der Waals surface area contributed by atoms with Crippen LogP contribution in [-0.2, 0) is 0 Å². The molecule has 0 radical (unpaired) electrons. The predicted molar refractivity (Wildman–Crippen MR) is 126 cm³/mol. The van der Waals surface area contributed by atoms with Gasteiger partial charge in [-0.3, -0.25) is 9.59 Å². The van der Waals surface area contributed by atoms with Crippen molar-refractivity contribution in [3.05, 3.63) is 106 Å². The summed E-state index contributed by atoms with van der Waals surface area (Å²) in [5.74, 6) is -4.14. The Morgan fingerprint density at radius 2 is 0.824 bits per heavy atom. The molecule has 0 aromatic heterocycles. The Labute approximate surface area is 196 Å². The van der Waals surface area contributed by atoms with E-state index < -0.39 is 34.6 Å². The van der Waals surface area contributed by atoms with Gasteiger partial charge in [0, 0.05) is 35.5 Å². The van der Waals surface area contributed by atoms with Crippen LogP contribution in [0.1, 0.15) is 66.4 Å². The van der Waals surface area contributed by atoms with Gasteiger partial charge in [0.2, 0.25) is 0 Å². The highest BCUT2D eigenvalue weighted by atomic mass is 16.4. The van der Waals surface area contributed by atoms with Crippen molar-refractivity contribution in [3.8, 4) is 0 Å². The van der Waals surface area contributed by atoms with Crippen molar-refractivity contribution < 1.29 is 39.6 Å². The molecular formula is C26H26O8. The van der Waals surface area contributed by atoms with E-state index in [1.54, 1.807) is 50.2 Å². The largest absolute Gasteiger partial charge is 0.478 e. The van der Waals surface area contributed by atoms with Crippen LogP contribution in [0.4, 0.5) is 0 Å². The molecule has 0 aliphatic heterocycles. The van der Waals surface area contributed by atoms with Crippen LogP contribution in [0, 0.1) is 0 Å². The molecule has 0 bridgehead atoms. The highest BCUT2D eigenvalue weighted by Gasteiger charge is 2.26. The molecule has 0 saturated heterocycles. The summed E-state index contributed by atoms with van der Waals surface area (Å²) in [6.45, 7) is 3.86. The van der Waals surface area contributed by atoms with E-state index in [0.29, 0.717) is 0 Å². The van der Waals surface area contributed by atoms with Gasteiger partial charge in [0.05, 0.1) is 11.1 Å². The van der Waals surface area contributed by atoms with Crippen LogP contribution in [0.25, 0.3) is 0 Å². The first-order valence-corrected chi connectivity index (χ1v) is 10.3. The first-order chi connectivity index (χ1) is 16.2. The zero-order valence-electron chi connectivity index (χ0n) is 18.8. The lowest BCUT2D eigenvalue weighted by Crippen LogP contribution is -2.17. The third-order valence-corrected chi connectivity index (χ3v) is 4.18. The van der Waals surface area contributed by atoms with Crippen LogP contribution >= 0.6 is 0 Å². The van der Waals surface area contributed by atoms with E-state index in [9.17, 15) is 29.4 Å². The number of rotatable bonds is 6. The maximum atomic E-state index is 12.8. The zero-order valence-corrected chi connectivity index (χ0v) is 18.8. The summed E-state index contributed by atoms with van der Waals surface area (Å²) in [6.07, 6.45) is 0. The second kappa shape index (κ2) is 14.1. The molecule has 0 aliphatic rings. The fourth-order valence-electron chi connectivity index (χ4n) is 2.82. The van der Waals surface area contributed by atoms with Crippen LogP contribution in [0.3, 0.4) is 0 Å². The van der Waals surface area contributed by atoms with Crippen molar-refractivity contribution in [2.45, 2.75) is 13.8 Å². The van der Waals surface area contributed by atoms with E-state index in [2.05, 4.69) is 0 Å². The lowest BCUT2D eigenvalue weighted by Gasteiger charge is -2.12. The number of aliphatic hydroxyl groups excluding tert-OH is 2. The smallest absolute Gasteiger partial charge is 0.336 e. The van der Waals surface area contributed by atoms with E-state index in [1.807, 2.05) is 0 Å². The molecule has 0 fully saturated rings. The predicted octanol–water partition coefficient (Wildman–Crippen LogP) is 3.54. The Hall–Kier alpha value is -4.14. The van der Waals surface area contributed by atoms with Gasteiger partial charge in [0.25, 0.3) is 0 Å². The van der Waals surface area contributed by atoms with Gasteiger partial charge in [-0.05, 0) is 26.0 Å². The SMILES string of the molecule is CCO.CCO.O=C(O)c1cc(C(=O)c2ccccc2)c(C(=O)O)cc1C(=O)c1ccccc1. The molecule has 178 valence electrons. The van der Waals surface area contributed by atoms with Gasteiger partial charge in [-0.15, -0.1) is 0 Å². The first-order valence-electron chi connectivity index (χ1n) is 10.3. The summed E-state index contributed by atoms with van der Waals surface area (Å²) in [4.78, 5) is 49.0. The molecule has 0 spiro atoms. The zero-order chi connectivity index (χ0) is 25.7. The molecule has 0 unspecified atom stereocenters. The van der Waals surface area contributed by atoms with Gasteiger partial charge in [-0.2, -0.15) is 0 Å². The molecule has 8 nitrogen and oxygen atoms in total. The lowest BCUT2D eigenvalue weighted by atomic mass is 9.90. The number of benzene rings is 3. The summed E-state index contributed by atoms with van der Waals surface area (Å²) in [6, 6.07) is 17.7. The average Bonchev–Trinajstić information content (AvgIpc) is 2.84. The van der Waals surface area contributed by atoms with Crippen LogP contribution in [0.2, 0.25) is 0 Å². The monoisotopic (exact) mass is 466 g/mol. The third-order valence-electron chi connectivity index (χ3n) is 4.18. The molecule has 4 N–H and O–H groups in total. The number of ketones is 2. The molecule has 0 atom stereocenters. The average molecular weight is 466 g/mol. The summed E-state index contributed by atoms with van der Waals surface area (Å²) in [5, 5.41) is 34.3. The number of carboxylic acid groups (broad SMARTS) is 2. The minimum Gasteiger partial charge on any atom is -0.478 e. The van der Waals surface area contributed by atoms with Crippen LogP contribution in [-0.4, -0.2) is 57.1 Å². The fourth-order valence-corrected chi connectivity index (χ4v) is 2.82. The highest BCUT2D eigenvalue weighted by Crippen LogP contribution is 2.23. The quantitative estimate of drug-likeness (QED) is 0.403. The van der Waals surface area contributed by atoms with Gasteiger partial charge in [0.1, 0.15) is 0 Å². The maximum Gasteiger partial charge on any atom is 0.336 e. The third kappa shape index (κ3) is 7.47. The number of carboxylic acids is 2. The normalized spacial score (nSPS) is 9.53. The van der Waals surface area contributed by atoms with Crippen LogP contribution in [0.15, 0.2) is 72.8 Å². The van der Waals surface area contributed by atoms with E-state index in [-0.39, 0.29) is 35.5 Å². The summed E-state index contributed by atoms with van der Waals surface area (Å²) in [7, 11) is 0. The molecule has 8 heteroatoms. The topological polar surface area (TPSA) is 149 Å². The van der Waals surface area contributed by atoms with Gasteiger partial charge in [0.15, 0.2) is 11.6 Å². The number of carbonyl (C=O) groups excluding carboxylic acids is 2. The number of hydrogen-bond acceptors (Lipinski definition) is 6. The van der Waals surface area contributed by atoms with Crippen molar-refractivity contribution in [2.75, 3.05) is 13.2 Å². The van der Waals surface area contributed by atoms with E-state index >= 15 is 0 Å². The van der Waals surface area contributed by atoms with Crippen molar-refractivity contribution in [1.29, 1.82) is 0 Å². The Bertz CT molecular complexity index is 1030. The maximum absolute atomic E-state index is 12.8. The lowest BCUT2D eigenvalue weighted by molar-refractivity contribution is 0.0677. The van der Waals surface area contributed by atoms with Gasteiger partial charge < -0.3 is 20.4 Å². The number of aliphatic hydroxyl groups is 2. The molecule has 0 aliphatic carbocycles. The van der Waals surface area contributed by atoms with Gasteiger partial charge in [-0.25, -0.2) is 9.59 Å². The Morgan fingerprint density at radius 1 is 0.559 bits per heavy atom. The fraction of sp³-hybridized carbons (Fsp3) is 0.154. The molecule has 0 saturated carbocycles. The minimum atomic E-state index is -1.43. The van der Waals surface area contributed by atoms with Crippen molar-refractivity contribution in [2.24, 2.45) is 0 Å². The van der Waals surface area contributed by atoms with Gasteiger partial charge in [-0.1, -0.05) is 60.7 Å². The highest BCUT2D eigenvalue weighted by molar-refractivity contribution is 6.19. The molecule has 0 amide bonds. The second-order valence-electron chi connectivity index (χ2n) is 6.58. The van der Waals surface area contributed by atoms with E-state index in [4.69, 9.17) is 10.2 Å². The van der Waals surface area contributed by atoms with Crippen molar-refractivity contribution in [1.82, 2.24) is 0 Å². The molecule has 3 rings (SSSR count). The molecule has 34 heavy (non-hydrogen) atoms. The van der Waals surface area contributed by atoms with E-state index in [1.165, 1.54) is 24.3 Å². The van der Waals surface area contributed by atoms with E-state index in [0.717, 1.165) is 12.1 Å². The van der Waals surface area contributed by atoms with Crippen molar-refractivity contribution in [3.63, 3.8) is 0 Å². The van der Waals surface area contributed by atoms with Crippen LogP contribution < -0.4 is 0 Å². The molecular weight excluding hydrogens is 440 g/mol. The Balaban J connectivity index is 0.000000872. The molecule has 3 aromatic carbocycles. The number of hydrogen-bond donors (Lipinski definition) is 4. The summed E-state index contributed by atoms with van der Waals surface area (Å²) in [5.41, 5.74) is -1.02. The number of carbonyl (C=O) groups is 4. The molecule has 0 heterocycles. The minimum absolute atomic E-state index is 0.212. The Kier molecular flexibility index (Phi) is 11.6.